The highest BCUT2D eigenvalue weighted by atomic mass is 16.6. The van der Waals surface area contributed by atoms with Crippen molar-refractivity contribution in [2.24, 2.45) is 11.1 Å². The second kappa shape index (κ2) is 6.65. The van der Waals surface area contributed by atoms with Crippen LogP contribution in [0.1, 0.15) is 18.0 Å². The van der Waals surface area contributed by atoms with Gasteiger partial charge in [0.15, 0.2) is 6.10 Å². The largest absolute Gasteiger partial charge is 0.392 e. The van der Waals surface area contributed by atoms with Crippen LogP contribution < -0.4 is 11.2 Å². The van der Waals surface area contributed by atoms with E-state index in [1.165, 1.54) is 16.8 Å². The Labute approximate surface area is 176 Å². The Kier molecular flexibility index (Phi) is 3.88. The molecule has 31 heavy (non-hydrogen) atoms. The third kappa shape index (κ3) is 2.67. The summed E-state index contributed by atoms with van der Waals surface area (Å²) < 4.78 is 1.43. The van der Waals surface area contributed by atoms with Gasteiger partial charge >= 0.3 is 5.69 Å². The zero-order valence-corrected chi connectivity index (χ0v) is 16.4. The Morgan fingerprint density at radius 2 is 1.68 bits per heavy atom. The summed E-state index contributed by atoms with van der Waals surface area (Å²) in [6, 6.07) is 19.2. The van der Waals surface area contributed by atoms with Crippen LogP contribution in [0, 0.1) is 5.92 Å². The van der Waals surface area contributed by atoms with E-state index in [-0.39, 0.29) is 5.92 Å². The summed E-state index contributed by atoms with van der Waals surface area (Å²) in [4.78, 5) is 31.9. The Balaban J connectivity index is 1.51. The summed E-state index contributed by atoms with van der Waals surface area (Å²) in [5.74, 6) is -0.377. The number of aliphatic hydroxyl groups excluding tert-OH is 1. The number of aromatic nitrogens is 2. The smallest absolute Gasteiger partial charge is 0.328 e. The van der Waals surface area contributed by atoms with E-state index in [1.807, 2.05) is 24.3 Å². The first-order valence-electron chi connectivity index (χ1n) is 10.3. The van der Waals surface area contributed by atoms with Gasteiger partial charge in [0.25, 0.3) is 5.56 Å². The number of hydrogen-bond donors (Lipinski definition) is 2. The molecular weight excluding hydrogens is 394 g/mol. The first kappa shape index (κ1) is 18.1. The fourth-order valence-corrected chi connectivity index (χ4v) is 5.10. The van der Waals surface area contributed by atoms with Crippen LogP contribution in [0.3, 0.4) is 0 Å². The van der Waals surface area contributed by atoms with Gasteiger partial charge in [-0.15, -0.1) is 0 Å². The fourth-order valence-electron chi connectivity index (χ4n) is 5.10. The van der Waals surface area contributed by atoms with Gasteiger partial charge in [0.05, 0.1) is 23.8 Å². The third-order valence-corrected chi connectivity index (χ3v) is 6.46. The molecule has 2 aliphatic rings. The maximum atomic E-state index is 12.4. The first-order valence-corrected chi connectivity index (χ1v) is 10.3. The summed E-state index contributed by atoms with van der Waals surface area (Å²) in [5, 5.41) is 19.7. The monoisotopic (exact) mass is 413 g/mol. The quantitative estimate of drug-likeness (QED) is 0.494. The lowest BCUT2D eigenvalue weighted by Gasteiger charge is -2.19. The van der Waals surface area contributed by atoms with Gasteiger partial charge in [0.2, 0.25) is 0 Å². The van der Waals surface area contributed by atoms with E-state index >= 15 is 0 Å². The van der Waals surface area contributed by atoms with Gasteiger partial charge < -0.3 is 9.94 Å². The molecule has 1 aliphatic heterocycles. The second-order valence-electron chi connectivity index (χ2n) is 8.15. The summed E-state index contributed by atoms with van der Waals surface area (Å²) in [5.41, 5.74) is 0.682. The summed E-state index contributed by atoms with van der Waals surface area (Å²) in [7, 11) is 0. The molecule has 0 spiro atoms. The molecule has 1 fully saturated rings. The molecule has 2 N–H and O–H groups in total. The molecule has 0 radical (unpaired) electrons. The van der Waals surface area contributed by atoms with E-state index in [4.69, 9.17) is 4.84 Å². The zero-order valence-electron chi connectivity index (χ0n) is 16.4. The number of fused-ring (bicyclic) bond motifs is 3. The van der Waals surface area contributed by atoms with Crippen LogP contribution in [0.4, 0.5) is 0 Å². The van der Waals surface area contributed by atoms with Crippen molar-refractivity contribution >= 4 is 27.3 Å². The van der Waals surface area contributed by atoms with Crippen LogP contribution in [0.25, 0.3) is 21.5 Å². The molecule has 154 valence electrons. The number of benzene rings is 3. The predicted octanol–water partition coefficient (Wildman–Crippen LogP) is 2.57. The number of aromatic amines is 1. The van der Waals surface area contributed by atoms with Gasteiger partial charge in [0.1, 0.15) is 0 Å². The lowest BCUT2D eigenvalue weighted by molar-refractivity contribution is 0.0362. The molecule has 7 nitrogen and oxygen atoms in total. The van der Waals surface area contributed by atoms with E-state index in [0.29, 0.717) is 12.1 Å². The average molecular weight is 413 g/mol. The lowest BCUT2D eigenvalue weighted by Crippen LogP contribution is -2.36. The molecule has 0 unspecified atom stereocenters. The minimum atomic E-state index is -0.729. The average Bonchev–Trinajstić information content (AvgIpc) is 3.33. The van der Waals surface area contributed by atoms with Gasteiger partial charge in [-0.3, -0.25) is 14.3 Å². The van der Waals surface area contributed by atoms with E-state index in [2.05, 4.69) is 40.5 Å². The van der Waals surface area contributed by atoms with E-state index in [0.717, 1.165) is 27.1 Å². The van der Waals surface area contributed by atoms with Crippen LogP contribution in [0.15, 0.2) is 81.6 Å². The first-order chi connectivity index (χ1) is 15.1. The standard InChI is InChI=1S/C24H19N3O4/c28-18-12-17(27-10-9-19(29)25-24(27)30)23-21(18)22(26-31-23)20-15-7-3-1-5-13(15)11-14-6-2-4-8-16(14)20/h1-11,17-18,21,23,28H,12H2,(H,25,29,30)/t17-,18+,21+,23+/m1/s1. The van der Waals surface area contributed by atoms with Crippen molar-refractivity contribution in [3.05, 3.63) is 93.3 Å². The molecule has 7 heteroatoms. The molecule has 3 aromatic carbocycles. The SMILES string of the molecule is O=c1ccn([C@@H]2C[C@H](O)[C@H]3C(c4c5ccccc5cc5ccccc45)=NO[C@H]32)c(=O)[nH]1. The van der Waals surface area contributed by atoms with E-state index < -0.39 is 29.5 Å². The van der Waals surface area contributed by atoms with Crippen LogP contribution in [-0.4, -0.2) is 32.6 Å². The highest BCUT2D eigenvalue weighted by Crippen LogP contribution is 2.44. The lowest BCUT2D eigenvalue weighted by atomic mass is 9.86. The summed E-state index contributed by atoms with van der Waals surface area (Å²) in [6.07, 6.45) is 0.567. The van der Waals surface area contributed by atoms with Gasteiger partial charge in [-0.2, -0.15) is 0 Å². The number of oxime groups is 1. The number of nitrogens with one attached hydrogen (secondary N) is 1. The molecule has 1 saturated carbocycles. The van der Waals surface area contributed by atoms with Crippen molar-refractivity contribution < 1.29 is 9.94 Å². The molecular formula is C24H19N3O4. The molecule has 1 aliphatic carbocycles. The number of H-pyrrole nitrogens is 1. The second-order valence-corrected chi connectivity index (χ2v) is 8.15. The molecule has 2 heterocycles. The van der Waals surface area contributed by atoms with Gasteiger partial charge in [-0.25, -0.2) is 4.79 Å². The molecule has 6 rings (SSSR count). The number of aliphatic hydroxyl groups is 1. The molecule has 0 saturated heterocycles. The Morgan fingerprint density at radius 3 is 2.35 bits per heavy atom. The molecule has 1 aromatic heterocycles. The Bertz CT molecular complexity index is 1430. The van der Waals surface area contributed by atoms with Gasteiger partial charge in [-0.1, -0.05) is 53.7 Å². The van der Waals surface area contributed by atoms with Crippen molar-refractivity contribution in [2.45, 2.75) is 24.7 Å². The third-order valence-electron chi connectivity index (χ3n) is 6.46. The van der Waals surface area contributed by atoms with E-state index in [9.17, 15) is 14.7 Å². The van der Waals surface area contributed by atoms with Crippen LogP contribution >= 0.6 is 0 Å². The maximum absolute atomic E-state index is 12.4. The molecule has 4 atom stereocenters. The van der Waals surface area contributed by atoms with Crippen molar-refractivity contribution in [1.29, 1.82) is 0 Å². The number of nitrogens with zero attached hydrogens (tertiary/aromatic N) is 2. The Morgan fingerprint density at radius 1 is 1.00 bits per heavy atom. The van der Waals surface area contributed by atoms with Crippen molar-refractivity contribution in [1.82, 2.24) is 9.55 Å². The normalized spacial score (nSPS) is 24.9. The van der Waals surface area contributed by atoms with Crippen LogP contribution in [0.2, 0.25) is 0 Å². The highest BCUT2D eigenvalue weighted by Gasteiger charge is 2.52. The number of hydrogen-bond acceptors (Lipinski definition) is 5. The van der Waals surface area contributed by atoms with E-state index in [1.54, 1.807) is 0 Å². The van der Waals surface area contributed by atoms with Crippen LogP contribution in [-0.2, 0) is 4.84 Å². The Hall–Kier alpha value is -3.71. The van der Waals surface area contributed by atoms with Crippen molar-refractivity contribution in [2.75, 3.05) is 0 Å². The van der Waals surface area contributed by atoms with Crippen LogP contribution in [0.5, 0.6) is 0 Å². The summed E-state index contributed by atoms with van der Waals surface area (Å²) >= 11 is 0. The molecule has 0 amide bonds. The maximum Gasteiger partial charge on any atom is 0.328 e. The summed E-state index contributed by atoms with van der Waals surface area (Å²) in [6.45, 7) is 0. The predicted molar refractivity (Wildman–Crippen MR) is 117 cm³/mol. The van der Waals surface area contributed by atoms with Gasteiger partial charge in [-0.05, 0) is 34.0 Å². The van der Waals surface area contributed by atoms with Gasteiger partial charge in [0, 0.05) is 17.8 Å². The van der Waals surface area contributed by atoms with Crippen molar-refractivity contribution in [3.8, 4) is 0 Å². The van der Waals surface area contributed by atoms with Crippen molar-refractivity contribution in [3.63, 3.8) is 0 Å². The highest BCUT2D eigenvalue weighted by molar-refractivity contribution is 6.22. The minimum absolute atomic E-state index is 0.336. The zero-order chi connectivity index (χ0) is 21.1. The fraction of sp³-hybridized carbons (Fsp3) is 0.208. The molecule has 0 bridgehead atoms. The molecule has 4 aromatic rings. The number of rotatable bonds is 2. The topological polar surface area (TPSA) is 96.7 Å². The minimum Gasteiger partial charge on any atom is -0.392 e.